The third-order valence-electron chi connectivity index (χ3n) is 2.85. The van der Waals surface area contributed by atoms with E-state index in [0.717, 1.165) is 36.5 Å². The number of methoxy groups -OCH3 is 1. The molecule has 0 N–H and O–H groups in total. The minimum Gasteiger partial charge on any atom is -0.495 e. The number of rotatable bonds is 7. The molecule has 0 fully saturated rings. The topological polar surface area (TPSA) is 18.5 Å². The lowest BCUT2D eigenvalue weighted by Gasteiger charge is -2.11. The van der Waals surface area contributed by atoms with E-state index in [1.165, 1.54) is 19.3 Å². The van der Waals surface area contributed by atoms with Gasteiger partial charge < -0.3 is 9.47 Å². The standard InChI is InChI=1S/C17H24O2/c1-4-6-8-9-14-19-17-13-10-12-16(18-3)15(17)11-7-5-2/h10,12-13H,4-6,8-9,14H2,1-3H3. The molecule has 1 aromatic carbocycles. The van der Waals surface area contributed by atoms with Gasteiger partial charge in [-0.1, -0.05) is 51.0 Å². The van der Waals surface area contributed by atoms with Crippen molar-refractivity contribution in [2.75, 3.05) is 13.7 Å². The lowest BCUT2D eigenvalue weighted by atomic mass is 10.1. The summed E-state index contributed by atoms with van der Waals surface area (Å²) in [5.41, 5.74) is 0.863. The number of unbranched alkanes of at least 4 members (excludes halogenated alkanes) is 3. The molecule has 1 rings (SSSR count). The number of hydrogen-bond donors (Lipinski definition) is 0. The Bertz CT molecular complexity index is 427. The predicted octanol–water partition coefficient (Wildman–Crippen LogP) is 4.42. The Balaban J connectivity index is 2.70. The lowest BCUT2D eigenvalue weighted by Crippen LogP contribution is -2.00. The maximum absolute atomic E-state index is 5.84. The molecule has 0 saturated heterocycles. The average Bonchev–Trinajstić information content (AvgIpc) is 2.45. The summed E-state index contributed by atoms with van der Waals surface area (Å²) in [6.07, 6.45) is 5.65. The lowest BCUT2D eigenvalue weighted by molar-refractivity contribution is 0.302. The van der Waals surface area contributed by atoms with Gasteiger partial charge in [0.05, 0.1) is 13.7 Å². The first kappa shape index (κ1) is 15.4. The second-order valence-electron chi connectivity index (χ2n) is 4.40. The van der Waals surface area contributed by atoms with E-state index in [4.69, 9.17) is 9.47 Å². The highest BCUT2D eigenvalue weighted by molar-refractivity contribution is 5.55. The summed E-state index contributed by atoms with van der Waals surface area (Å²) < 4.78 is 11.2. The van der Waals surface area contributed by atoms with E-state index in [1.807, 2.05) is 25.1 Å². The first-order chi connectivity index (χ1) is 9.33. The van der Waals surface area contributed by atoms with Gasteiger partial charge in [0.25, 0.3) is 0 Å². The van der Waals surface area contributed by atoms with Crippen LogP contribution in [0.2, 0.25) is 0 Å². The molecule has 2 nitrogen and oxygen atoms in total. The van der Waals surface area contributed by atoms with Crippen LogP contribution >= 0.6 is 0 Å². The van der Waals surface area contributed by atoms with Crippen LogP contribution in [0, 0.1) is 11.8 Å². The van der Waals surface area contributed by atoms with Gasteiger partial charge >= 0.3 is 0 Å². The van der Waals surface area contributed by atoms with E-state index < -0.39 is 0 Å². The van der Waals surface area contributed by atoms with Crippen LogP contribution in [0.15, 0.2) is 18.2 Å². The molecule has 0 aromatic heterocycles. The van der Waals surface area contributed by atoms with Crippen LogP contribution in [0.25, 0.3) is 0 Å². The van der Waals surface area contributed by atoms with Crippen LogP contribution in [0.1, 0.15) is 51.5 Å². The van der Waals surface area contributed by atoms with E-state index in [9.17, 15) is 0 Å². The van der Waals surface area contributed by atoms with Gasteiger partial charge in [0.2, 0.25) is 0 Å². The molecule has 0 aliphatic carbocycles. The number of hydrogen-bond acceptors (Lipinski definition) is 2. The zero-order chi connectivity index (χ0) is 13.9. The summed E-state index contributed by atoms with van der Waals surface area (Å²) in [6.45, 7) is 4.99. The van der Waals surface area contributed by atoms with Crippen molar-refractivity contribution in [1.29, 1.82) is 0 Å². The quantitative estimate of drug-likeness (QED) is 0.534. The van der Waals surface area contributed by atoms with Crippen LogP contribution in [0.5, 0.6) is 11.5 Å². The highest BCUT2D eigenvalue weighted by Crippen LogP contribution is 2.27. The molecule has 0 saturated carbocycles. The summed E-state index contributed by atoms with van der Waals surface area (Å²) in [5, 5.41) is 0. The minimum absolute atomic E-state index is 0.744. The fraction of sp³-hybridized carbons (Fsp3) is 0.529. The monoisotopic (exact) mass is 260 g/mol. The second kappa shape index (κ2) is 9.33. The van der Waals surface area contributed by atoms with Crippen molar-refractivity contribution in [2.45, 2.75) is 46.0 Å². The van der Waals surface area contributed by atoms with Crippen molar-refractivity contribution < 1.29 is 9.47 Å². The van der Waals surface area contributed by atoms with Gasteiger partial charge in [-0.3, -0.25) is 0 Å². The zero-order valence-corrected chi connectivity index (χ0v) is 12.3. The van der Waals surface area contributed by atoms with Crippen LogP contribution in [-0.4, -0.2) is 13.7 Å². The van der Waals surface area contributed by atoms with Crippen molar-refractivity contribution in [2.24, 2.45) is 0 Å². The van der Waals surface area contributed by atoms with Crippen molar-refractivity contribution >= 4 is 0 Å². The molecule has 1 aromatic rings. The van der Waals surface area contributed by atoms with Gasteiger partial charge in [0.15, 0.2) is 0 Å². The van der Waals surface area contributed by atoms with Crippen molar-refractivity contribution in [3.05, 3.63) is 23.8 Å². The molecule has 2 heteroatoms. The van der Waals surface area contributed by atoms with Gasteiger partial charge in [-0.2, -0.15) is 0 Å². The molecule has 104 valence electrons. The average molecular weight is 260 g/mol. The zero-order valence-electron chi connectivity index (χ0n) is 12.3. The van der Waals surface area contributed by atoms with Gasteiger partial charge in [-0.15, -0.1) is 0 Å². The molecule has 0 spiro atoms. The summed E-state index contributed by atoms with van der Waals surface area (Å²) in [6, 6.07) is 5.82. The first-order valence-corrected chi connectivity index (χ1v) is 7.12. The molecular weight excluding hydrogens is 236 g/mol. The highest BCUT2D eigenvalue weighted by Gasteiger charge is 2.07. The smallest absolute Gasteiger partial charge is 0.138 e. The molecule has 0 atom stereocenters. The Morgan fingerprint density at radius 2 is 1.84 bits per heavy atom. The SMILES string of the molecule is CCC#Cc1c(OC)cccc1OCCCCCC. The first-order valence-electron chi connectivity index (χ1n) is 7.12. The van der Waals surface area contributed by atoms with Crippen LogP contribution in [0.4, 0.5) is 0 Å². The molecule has 0 amide bonds. The summed E-state index contributed by atoms with van der Waals surface area (Å²) >= 11 is 0. The van der Waals surface area contributed by atoms with Gasteiger partial charge in [-0.05, 0) is 18.6 Å². The summed E-state index contributed by atoms with van der Waals surface area (Å²) in [7, 11) is 1.66. The van der Waals surface area contributed by atoms with E-state index in [2.05, 4.69) is 18.8 Å². The summed E-state index contributed by atoms with van der Waals surface area (Å²) in [4.78, 5) is 0. The van der Waals surface area contributed by atoms with E-state index in [0.29, 0.717) is 0 Å². The Hall–Kier alpha value is -1.62. The molecule has 0 radical (unpaired) electrons. The Morgan fingerprint density at radius 1 is 1.05 bits per heavy atom. The third-order valence-corrected chi connectivity index (χ3v) is 2.85. The minimum atomic E-state index is 0.744. The van der Waals surface area contributed by atoms with Crippen LogP contribution in [0.3, 0.4) is 0 Å². The molecule has 0 unspecified atom stereocenters. The maximum Gasteiger partial charge on any atom is 0.138 e. The Morgan fingerprint density at radius 3 is 2.53 bits per heavy atom. The molecule has 0 aliphatic heterocycles. The van der Waals surface area contributed by atoms with Crippen LogP contribution in [-0.2, 0) is 0 Å². The van der Waals surface area contributed by atoms with E-state index >= 15 is 0 Å². The maximum atomic E-state index is 5.84. The highest BCUT2D eigenvalue weighted by atomic mass is 16.5. The fourth-order valence-corrected chi connectivity index (χ4v) is 1.81. The largest absolute Gasteiger partial charge is 0.495 e. The Labute approximate surface area is 117 Å². The normalized spacial score (nSPS) is 9.63. The number of ether oxygens (including phenoxy) is 2. The fourth-order valence-electron chi connectivity index (χ4n) is 1.81. The molecule has 19 heavy (non-hydrogen) atoms. The van der Waals surface area contributed by atoms with E-state index in [1.54, 1.807) is 7.11 Å². The van der Waals surface area contributed by atoms with Crippen molar-refractivity contribution in [3.63, 3.8) is 0 Å². The molecular formula is C17H24O2. The molecule has 0 bridgehead atoms. The van der Waals surface area contributed by atoms with Crippen molar-refractivity contribution in [3.8, 4) is 23.3 Å². The van der Waals surface area contributed by atoms with Gasteiger partial charge in [-0.25, -0.2) is 0 Å². The number of benzene rings is 1. The third kappa shape index (κ3) is 5.26. The van der Waals surface area contributed by atoms with Crippen molar-refractivity contribution in [1.82, 2.24) is 0 Å². The molecule has 0 heterocycles. The van der Waals surface area contributed by atoms with E-state index in [-0.39, 0.29) is 0 Å². The van der Waals surface area contributed by atoms with Gasteiger partial charge in [0, 0.05) is 6.42 Å². The van der Waals surface area contributed by atoms with Crippen LogP contribution < -0.4 is 9.47 Å². The Kier molecular flexibility index (Phi) is 7.58. The molecule has 0 aliphatic rings. The predicted molar refractivity (Wildman–Crippen MR) is 79.8 cm³/mol. The van der Waals surface area contributed by atoms with Gasteiger partial charge in [0.1, 0.15) is 17.1 Å². The summed E-state index contributed by atoms with van der Waals surface area (Å²) in [5.74, 6) is 7.83. The second-order valence-corrected chi connectivity index (χ2v) is 4.40.